The molecule has 1 aromatic carbocycles. The van der Waals surface area contributed by atoms with Crippen LogP contribution >= 0.6 is 0 Å². The van der Waals surface area contributed by atoms with Gasteiger partial charge in [-0.05, 0) is 18.9 Å². The second-order valence-electron chi connectivity index (χ2n) is 7.70. The van der Waals surface area contributed by atoms with Gasteiger partial charge < -0.3 is 24.2 Å². The summed E-state index contributed by atoms with van der Waals surface area (Å²) in [5.41, 5.74) is 1.19. The van der Waals surface area contributed by atoms with Crippen molar-refractivity contribution in [3.63, 3.8) is 0 Å². The molecule has 32 heavy (non-hydrogen) atoms. The SMILES string of the molecule is COc1ccccc1CN1CCO[C@H]2[C@H](OCC(=O)N(C)C)CC[C@@H]21.O=C(O)C(F)(F)F. The number of hydrogen-bond donors (Lipinski definition) is 1. The zero-order valence-corrected chi connectivity index (χ0v) is 18.3. The Labute approximate surface area is 184 Å². The summed E-state index contributed by atoms with van der Waals surface area (Å²) < 4.78 is 49.1. The van der Waals surface area contributed by atoms with E-state index in [-0.39, 0.29) is 24.7 Å². The Morgan fingerprint density at radius 3 is 2.50 bits per heavy atom. The molecule has 3 atom stereocenters. The number of carboxylic acids is 1. The van der Waals surface area contributed by atoms with Gasteiger partial charge in [0.05, 0.1) is 25.9 Å². The topological polar surface area (TPSA) is 88.5 Å². The van der Waals surface area contributed by atoms with E-state index >= 15 is 0 Å². The standard InChI is InChI=1S/C19H28N2O4.C2HF3O2/c1-20(2)18(22)13-25-17-9-8-15-19(17)24-11-10-21(15)12-14-6-4-5-7-16(14)23-3;3-2(4,5)1(6)7/h4-7,15,17,19H,8-13H2,1-3H3;(H,6,7)/t15-,17+,19+;/m0./s1. The van der Waals surface area contributed by atoms with Gasteiger partial charge in [0.25, 0.3) is 0 Å². The largest absolute Gasteiger partial charge is 0.496 e. The van der Waals surface area contributed by atoms with Gasteiger partial charge in [0.2, 0.25) is 5.91 Å². The Kier molecular flexibility index (Phi) is 9.29. The molecule has 1 aliphatic carbocycles. The third-order valence-electron chi connectivity index (χ3n) is 5.38. The van der Waals surface area contributed by atoms with Gasteiger partial charge in [-0.15, -0.1) is 0 Å². The summed E-state index contributed by atoms with van der Waals surface area (Å²) in [5, 5.41) is 7.12. The van der Waals surface area contributed by atoms with Crippen molar-refractivity contribution in [2.75, 3.05) is 41.0 Å². The molecule has 0 spiro atoms. The molecular formula is C21H29F3N2O6. The van der Waals surface area contributed by atoms with Crippen molar-refractivity contribution in [3.8, 4) is 5.75 Å². The lowest BCUT2D eigenvalue weighted by molar-refractivity contribution is -0.192. The van der Waals surface area contributed by atoms with E-state index < -0.39 is 12.1 Å². The van der Waals surface area contributed by atoms with Crippen molar-refractivity contribution in [2.24, 2.45) is 0 Å². The van der Waals surface area contributed by atoms with Crippen LogP contribution in [0, 0.1) is 0 Å². The van der Waals surface area contributed by atoms with E-state index in [1.807, 2.05) is 18.2 Å². The Hall–Kier alpha value is -2.37. The summed E-state index contributed by atoms with van der Waals surface area (Å²) in [6, 6.07) is 8.48. The summed E-state index contributed by atoms with van der Waals surface area (Å²) >= 11 is 0. The van der Waals surface area contributed by atoms with Gasteiger partial charge in [-0.25, -0.2) is 4.79 Å². The van der Waals surface area contributed by atoms with Gasteiger partial charge in [-0.1, -0.05) is 18.2 Å². The second-order valence-corrected chi connectivity index (χ2v) is 7.70. The molecule has 2 fully saturated rings. The van der Waals surface area contributed by atoms with E-state index in [9.17, 15) is 18.0 Å². The molecule has 180 valence electrons. The quantitative estimate of drug-likeness (QED) is 0.693. The summed E-state index contributed by atoms with van der Waals surface area (Å²) in [4.78, 5) is 24.7. The highest BCUT2D eigenvalue weighted by Crippen LogP contribution is 2.34. The highest BCUT2D eigenvalue weighted by molar-refractivity contribution is 5.76. The lowest BCUT2D eigenvalue weighted by Crippen LogP contribution is -2.51. The average molecular weight is 462 g/mol. The number of methoxy groups -OCH3 is 1. The maximum atomic E-state index is 11.8. The zero-order chi connectivity index (χ0) is 23.9. The molecule has 0 bridgehead atoms. The highest BCUT2D eigenvalue weighted by atomic mass is 19.4. The number of ether oxygens (including phenoxy) is 3. The van der Waals surface area contributed by atoms with Crippen molar-refractivity contribution < 1.29 is 42.1 Å². The number of rotatable bonds is 6. The average Bonchev–Trinajstić information content (AvgIpc) is 3.16. The van der Waals surface area contributed by atoms with E-state index in [1.54, 1.807) is 26.1 Å². The summed E-state index contributed by atoms with van der Waals surface area (Å²) in [7, 11) is 5.20. The molecule has 3 rings (SSSR count). The second kappa shape index (κ2) is 11.5. The Balaban J connectivity index is 0.000000451. The number of carbonyl (C=O) groups is 2. The number of hydrogen-bond acceptors (Lipinski definition) is 6. The molecule has 1 heterocycles. The number of nitrogens with zero attached hydrogens (tertiary/aromatic N) is 2. The number of aliphatic carboxylic acids is 1. The number of likely N-dealkylation sites (N-methyl/N-ethyl adjacent to an activating group) is 1. The monoisotopic (exact) mass is 462 g/mol. The van der Waals surface area contributed by atoms with Gasteiger partial charge in [-0.2, -0.15) is 13.2 Å². The maximum Gasteiger partial charge on any atom is 0.490 e. The Morgan fingerprint density at radius 1 is 1.25 bits per heavy atom. The molecule has 1 saturated carbocycles. The molecule has 2 aliphatic rings. The van der Waals surface area contributed by atoms with Crippen LogP contribution in [0.2, 0.25) is 0 Å². The number of morpholine rings is 1. The van der Waals surface area contributed by atoms with Crippen LogP contribution in [-0.4, -0.2) is 92.2 Å². The third kappa shape index (κ3) is 7.07. The number of carbonyl (C=O) groups excluding carboxylic acids is 1. The normalized spacial score (nSPS) is 23.0. The van der Waals surface area contributed by atoms with E-state index in [2.05, 4.69) is 11.0 Å². The lowest BCUT2D eigenvalue weighted by Gasteiger charge is -2.39. The van der Waals surface area contributed by atoms with Gasteiger partial charge in [0.15, 0.2) is 0 Å². The van der Waals surface area contributed by atoms with Crippen LogP contribution in [0.15, 0.2) is 24.3 Å². The number of carboxylic acid groups (broad SMARTS) is 1. The number of halogens is 3. The van der Waals surface area contributed by atoms with E-state index in [1.165, 1.54) is 5.56 Å². The van der Waals surface area contributed by atoms with Crippen LogP contribution < -0.4 is 4.74 Å². The smallest absolute Gasteiger partial charge is 0.490 e. The minimum atomic E-state index is -5.08. The van der Waals surface area contributed by atoms with Crippen molar-refractivity contribution in [2.45, 2.75) is 43.8 Å². The van der Waals surface area contributed by atoms with Gasteiger partial charge in [-0.3, -0.25) is 9.69 Å². The fraction of sp³-hybridized carbons (Fsp3) is 0.619. The van der Waals surface area contributed by atoms with Crippen LogP contribution in [-0.2, 0) is 25.6 Å². The number of para-hydroxylation sites is 1. The third-order valence-corrected chi connectivity index (χ3v) is 5.38. The van der Waals surface area contributed by atoms with Gasteiger partial charge >= 0.3 is 12.1 Å². The molecule has 1 saturated heterocycles. The Morgan fingerprint density at radius 2 is 1.91 bits per heavy atom. The molecule has 0 aromatic heterocycles. The summed E-state index contributed by atoms with van der Waals surface area (Å²) in [6.07, 6.45) is -3.09. The Bertz CT molecular complexity index is 774. The predicted molar refractivity (Wildman–Crippen MR) is 108 cm³/mol. The first-order chi connectivity index (χ1) is 15.0. The van der Waals surface area contributed by atoms with Crippen molar-refractivity contribution >= 4 is 11.9 Å². The number of alkyl halides is 3. The first-order valence-corrected chi connectivity index (χ1v) is 10.1. The number of amides is 1. The van der Waals surface area contributed by atoms with Crippen LogP contribution in [0.4, 0.5) is 13.2 Å². The molecule has 1 amide bonds. The zero-order valence-electron chi connectivity index (χ0n) is 18.3. The van der Waals surface area contributed by atoms with Gasteiger partial charge in [0, 0.05) is 38.8 Å². The van der Waals surface area contributed by atoms with E-state index in [0.717, 1.165) is 31.7 Å². The van der Waals surface area contributed by atoms with E-state index in [4.69, 9.17) is 24.1 Å². The fourth-order valence-electron chi connectivity index (χ4n) is 3.73. The fourth-order valence-corrected chi connectivity index (χ4v) is 3.73. The maximum absolute atomic E-state index is 11.8. The predicted octanol–water partition coefficient (Wildman–Crippen LogP) is 2.17. The molecule has 0 unspecified atom stereocenters. The molecule has 1 aromatic rings. The first kappa shape index (κ1) is 25.9. The number of fused-ring (bicyclic) bond motifs is 1. The minimum Gasteiger partial charge on any atom is -0.496 e. The molecule has 0 radical (unpaired) electrons. The summed E-state index contributed by atoms with van der Waals surface area (Å²) in [6.45, 7) is 2.56. The van der Waals surface area contributed by atoms with Crippen LogP contribution in [0.25, 0.3) is 0 Å². The van der Waals surface area contributed by atoms with Crippen LogP contribution in [0.1, 0.15) is 18.4 Å². The molecule has 8 nitrogen and oxygen atoms in total. The minimum absolute atomic E-state index is 0.00521. The van der Waals surface area contributed by atoms with Crippen molar-refractivity contribution in [1.82, 2.24) is 9.80 Å². The molecule has 1 aliphatic heterocycles. The molecular weight excluding hydrogens is 433 g/mol. The lowest BCUT2D eigenvalue weighted by atomic mass is 10.1. The van der Waals surface area contributed by atoms with Crippen molar-refractivity contribution in [1.29, 1.82) is 0 Å². The molecule has 11 heteroatoms. The number of benzene rings is 1. The van der Waals surface area contributed by atoms with Gasteiger partial charge in [0.1, 0.15) is 12.4 Å². The summed E-state index contributed by atoms with van der Waals surface area (Å²) in [5.74, 6) is -1.84. The van der Waals surface area contributed by atoms with Crippen LogP contribution in [0.5, 0.6) is 5.75 Å². The molecule has 1 N–H and O–H groups in total. The van der Waals surface area contributed by atoms with E-state index in [0.29, 0.717) is 12.6 Å². The van der Waals surface area contributed by atoms with Crippen LogP contribution in [0.3, 0.4) is 0 Å². The van der Waals surface area contributed by atoms with Crippen molar-refractivity contribution in [3.05, 3.63) is 29.8 Å². The first-order valence-electron chi connectivity index (χ1n) is 10.1. The highest BCUT2D eigenvalue weighted by Gasteiger charge is 2.43.